The van der Waals surface area contributed by atoms with Crippen LogP contribution in [0.4, 0.5) is 11.4 Å². The quantitative estimate of drug-likeness (QED) is 0.561. The Morgan fingerprint density at radius 1 is 1.17 bits per heavy atom. The molecule has 30 heavy (non-hydrogen) atoms. The second kappa shape index (κ2) is 10.5. The number of primary amides is 1. The lowest BCUT2D eigenvalue weighted by molar-refractivity contribution is -0.118. The predicted octanol–water partition coefficient (Wildman–Crippen LogP) is 2.68. The van der Waals surface area contributed by atoms with Crippen LogP contribution in [0.1, 0.15) is 38.9 Å². The van der Waals surface area contributed by atoms with Crippen LogP contribution in [0.2, 0.25) is 0 Å². The molecule has 2 amide bonds. The number of nitrogens with one attached hydrogen (secondary N) is 1. The number of hydrogen-bond acceptors (Lipinski definition) is 6. The van der Waals surface area contributed by atoms with Gasteiger partial charge in [0.15, 0.2) is 5.16 Å². The van der Waals surface area contributed by atoms with Crippen LogP contribution >= 0.6 is 11.8 Å². The van der Waals surface area contributed by atoms with E-state index < -0.39 is 0 Å². The summed E-state index contributed by atoms with van der Waals surface area (Å²) in [5, 5.41) is 12.0. The fourth-order valence-corrected chi connectivity index (χ4v) is 4.22. The highest BCUT2D eigenvalue weighted by molar-refractivity contribution is 7.99. The maximum atomic E-state index is 12.4. The fourth-order valence-electron chi connectivity index (χ4n) is 3.45. The number of anilines is 2. The topological polar surface area (TPSA) is 106 Å². The molecule has 0 bridgehead atoms. The van der Waals surface area contributed by atoms with Gasteiger partial charge in [0.2, 0.25) is 11.8 Å². The summed E-state index contributed by atoms with van der Waals surface area (Å²) < 4.78 is 1.98. The molecular weight excluding hydrogens is 400 g/mol. The SMILES string of the molecule is CC(C)Cn1c(CCC(N)=O)nnc1SCC(=O)Nc1ccc(N2CCCC2)cc1. The Bertz CT molecular complexity index is 859. The summed E-state index contributed by atoms with van der Waals surface area (Å²) in [4.78, 5) is 25.9. The highest BCUT2D eigenvalue weighted by atomic mass is 32.2. The van der Waals surface area contributed by atoms with Gasteiger partial charge in [0, 0.05) is 43.9 Å². The molecule has 9 heteroatoms. The average Bonchev–Trinajstić information content (AvgIpc) is 3.35. The van der Waals surface area contributed by atoms with Gasteiger partial charge in [-0.25, -0.2) is 0 Å². The third-order valence-corrected chi connectivity index (χ3v) is 5.86. The van der Waals surface area contributed by atoms with Gasteiger partial charge in [0.1, 0.15) is 5.82 Å². The lowest BCUT2D eigenvalue weighted by Gasteiger charge is -2.17. The van der Waals surface area contributed by atoms with Crippen molar-refractivity contribution in [2.75, 3.05) is 29.1 Å². The van der Waals surface area contributed by atoms with Gasteiger partial charge in [-0.3, -0.25) is 9.59 Å². The summed E-state index contributed by atoms with van der Waals surface area (Å²) in [6, 6.07) is 8.00. The minimum absolute atomic E-state index is 0.0910. The van der Waals surface area contributed by atoms with Crippen molar-refractivity contribution in [2.24, 2.45) is 11.7 Å². The number of rotatable bonds is 10. The van der Waals surface area contributed by atoms with Gasteiger partial charge in [0.05, 0.1) is 5.75 Å². The third-order valence-electron chi connectivity index (χ3n) is 4.89. The van der Waals surface area contributed by atoms with Gasteiger partial charge < -0.3 is 20.5 Å². The molecule has 1 aromatic carbocycles. The van der Waals surface area contributed by atoms with E-state index in [1.165, 1.54) is 30.3 Å². The van der Waals surface area contributed by atoms with Gasteiger partial charge in [-0.1, -0.05) is 25.6 Å². The van der Waals surface area contributed by atoms with Crippen molar-refractivity contribution in [2.45, 2.75) is 51.2 Å². The molecule has 1 aliphatic heterocycles. The van der Waals surface area contributed by atoms with Gasteiger partial charge in [-0.2, -0.15) is 0 Å². The smallest absolute Gasteiger partial charge is 0.234 e. The second-order valence-corrected chi connectivity index (χ2v) is 8.89. The zero-order chi connectivity index (χ0) is 21.5. The van der Waals surface area contributed by atoms with E-state index in [0.717, 1.165) is 31.1 Å². The molecule has 0 saturated carbocycles. The first kappa shape index (κ1) is 22.1. The Balaban J connectivity index is 1.56. The lowest BCUT2D eigenvalue weighted by atomic mass is 10.2. The molecule has 0 atom stereocenters. The van der Waals surface area contributed by atoms with Crippen molar-refractivity contribution in [3.8, 4) is 0 Å². The monoisotopic (exact) mass is 430 g/mol. The molecular formula is C21H30N6O2S. The number of nitrogens with two attached hydrogens (primary N) is 1. The molecule has 0 aliphatic carbocycles. The molecule has 1 aliphatic rings. The van der Waals surface area contributed by atoms with Gasteiger partial charge >= 0.3 is 0 Å². The third kappa shape index (κ3) is 6.22. The maximum absolute atomic E-state index is 12.4. The molecule has 0 radical (unpaired) electrons. The van der Waals surface area contributed by atoms with Crippen molar-refractivity contribution in [3.05, 3.63) is 30.1 Å². The fraction of sp³-hybridized carbons (Fsp3) is 0.524. The zero-order valence-electron chi connectivity index (χ0n) is 17.6. The Hall–Kier alpha value is -2.55. The van der Waals surface area contributed by atoms with Crippen LogP contribution in [0.3, 0.4) is 0 Å². The summed E-state index contributed by atoms with van der Waals surface area (Å²) in [6.07, 6.45) is 3.16. The van der Waals surface area contributed by atoms with E-state index in [1.807, 2.05) is 16.7 Å². The standard InChI is InChI=1S/C21H30N6O2S/c1-15(2)13-27-19(10-9-18(22)28)24-25-21(27)30-14-20(29)23-16-5-7-17(8-6-16)26-11-3-4-12-26/h5-8,15H,3-4,9-14H2,1-2H3,(H2,22,28)(H,23,29). The van der Waals surface area contributed by atoms with E-state index in [2.05, 4.69) is 46.4 Å². The maximum Gasteiger partial charge on any atom is 0.234 e. The Morgan fingerprint density at radius 3 is 2.50 bits per heavy atom. The van der Waals surface area contributed by atoms with Crippen molar-refractivity contribution < 1.29 is 9.59 Å². The molecule has 0 spiro atoms. The van der Waals surface area contributed by atoms with Crippen LogP contribution in [0.5, 0.6) is 0 Å². The van der Waals surface area contributed by atoms with Crippen molar-refractivity contribution >= 4 is 35.0 Å². The normalized spacial score (nSPS) is 13.8. The first-order valence-electron chi connectivity index (χ1n) is 10.4. The van der Waals surface area contributed by atoms with Crippen LogP contribution < -0.4 is 16.0 Å². The highest BCUT2D eigenvalue weighted by Gasteiger charge is 2.16. The summed E-state index contributed by atoms with van der Waals surface area (Å²) in [6.45, 7) is 7.13. The van der Waals surface area contributed by atoms with Gasteiger partial charge in [-0.15, -0.1) is 10.2 Å². The molecule has 8 nitrogen and oxygen atoms in total. The molecule has 1 aromatic heterocycles. The number of benzene rings is 1. The molecule has 2 heterocycles. The Kier molecular flexibility index (Phi) is 7.73. The summed E-state index contributed by atoms with van der Waals surface area (Å²) in [5.74, 6) is 0.892. The van der Waals surface area contributed by atoms with Crippen molar-refractivity contribution in [3.63, 3.8) is 0 Å². The number of amides is 2. The number of aryl methyl sites for hydroxylation is 1. The minimum Gasteiger partial charge on any atom is -0.372 e. The first-order chi connectivity index (χ1) is 14.4. The highest BCUT2D eigenvalue weighted by Crippen LogP contribution is 2.23. The van der Waals surface area contributed by atoms with Gasteiger partial charge in [-0.05, 0) is 43.0 Å². The molecule has 3 N–H and O–H groups in total. The predicted molar refractivity (Wildman–Crippen MR) is 120 cm³/mol. The van der Waals surface area contributed by atoms with E-state index in [-0.39, 0.29) is 24.0 Å². The van der Waals surface area contributed by atoms with E-state index in [0.29, 0.717) is 17.5 Å². The number of hydrogen-bond donors (Lipinski definition) is 2. The molecule has 162 valence electrons. The van der Waals surface area contributed by atoms with E-state index >= 15 is 0 Å². The summed E-state index contributed by atoms with van der Waals surface area (Å²) in [7, 11) is 0. The van der Waals surface area contributed by atoms with Crippen molar-refractivity contribution in [1.29, 1.82) is 0 Å². The lowest BCUT2D eigenvalue weighted by Crippen LogP contribution is -2.18. The number of carbonyl (C=O) groups excluding carboxylic acids is 2. The number of aromatic nitrogens is 3. The van der Waals surface area contributed by atoms with E-state index in [4.69, 9.17) is 5.73 Å². The van der Waals surface area contributed by atoms with Crippen LogP contribution in [-0.4, -0.2) is 45.4 Å². The van der Waals surface area contributed by atoms with E-state index in [1.54, 1.807) is 0 Å². The van der Waals surface area contributed by atoms with E-state index in [9.17, 15) is 9.59 Å². The summed E-state index contributed by atoms with van der Waals surface area (Å²) in [5.41, 5.74) is 7.24. The number of thioether (sulfide) groups is 1. The van der Waals surface area contributed by atoms with Crippen LogP contribution in [-0.2, 0) is 22.6 Å². The van der Waals surface area contributed by atoms with Crippen LogP contribution in [0.15, 0.2) is 29.4 Å². The number of nitrogens with zero attached hydrogens (tertiary/aromatic N) is 4. The largest absolute Gasteiger partial charge is 0.372 e. The zero-order valence-corrected chi connectivity index (χ0v) is 18.5. The number of carbonyl (C=O) groups is 2. The Morgan fingerprint density at radius 2 is 1.87 bits per heavy atom. The molecule has 3 rings (SSSR count). The average molecular weight is 431 g/mol. The molecule has 1 saturated heterocycles. The molecule has 0 unspecified atom stereocenters. The first-order valence-corrected chi connectivity index (χ1v) is 11.4. The molecule has 1 fully saturated rings. The summed E-state index contributed by atoms with van der Waals surface area (Å²) >= 11 is 1.35. The van der Waals surface area contributed by atoms with Crippen molar-refractivity contribution in [1.82, 2.24) is 14.8 Å². The van der Waals surface area contributed by atoms with Crippen LogP contribution in [0, 0.1) is 5.92 Å². The van der Waals surface area contributed by atoms with Crippen LogP contribution in [0.25, 0.3) is 0 Å². The molecule has 2 aromatic rings. The van der Waals surface area contributed by atoms with Gasteiger partial charge in [0.25, 0.3) is 0 Å². The Labute approximate surface area is 181 Å². The minimum atomic E-state index is -0.363. The second-order valence-electron chi connectivity index (χ2n) is 7.95.